The van der Waals surface area contributed by atoms with Gasteiger partial charge in [0, 0.05) is 43.7 Å². The molecule has 1 fully saturated rings. The molecule has 1 aliphatic heterocycles. The lowest BCUT2D eigenvalue weighted by Crippen LogP contribution is -2.49. The quantitative estimate of drug-likeness (QED) is 0.456. The third-order valence-corrected chi connectivity index (χ3v) is 7.50. The van der Waals surface area contributed by atoms with Gasteiger partial charge < -0.3 is 0 Å². The summed E-state index contributed by atoms with van der Waals surface area (Å²) < 4.78 is 29.5. The van der Waals surface area contributed by atoms with Crippen LogP contribution < -0.4 is 0 Å². The third kappa shape index (κ3) is 3.81. The van der Waals surface area contributed by atoms with E-state index >= 15 is 0 Å². The molecule has 0 atom stereocenters. The first-order chi connectivity index (χ1) is 14.3. The van der Waals surface area contributed by atoms with Crippen LogP contribution in [0.3, 0.4) is 0 Å². The number of fused-ring (bicyclic) bond motifs is 1. The van der Waals surface area contributed by atoms with Crippen LogP contribution in [0.4, 0.5) is 5.69 Å². The molecule has 0 radical (unpaired) electrons. The maximum absolute atomic E-state index is 13.1. The zero-order chi connectivity index (χ0) is 21.5. The summed E-state index contributed by atoms with van der Waals surface area (Å²) in [6.45, 7) is 6.17. The van der Waals surface area contributed by atoms with Gasteiger partial charge in [0.05, 0.1) is 28.2 Å². The highest BCUT2D eigenvalue weighted by atomic mass is 32.2. The molecule has 2 aromatic carbocycles. The second kappa shape index (κ2) is 7.78. The molecule has 0 N–H and O–H groups in total. The van der Waals surface area contributed by atoms with Crippen LogP contribution in [0, 0.1) is 24.0 Å². The number of sulfonamides is 1. The Morgan fingerprint density at radius 3 is 2.50 bits per heavy atom. The highest BCUT2D eigenvalue weighted by molar-refractivity contribution is 7.89. The monoisotopic (exact) mass is 429 g/mol. The molecule has 0 spiro atoms. The molecule has 3 aromatic rings. The number of rotatable bonds is 5. The average Bonchev–Trinajstić information content (AvgIpc) is 3.12. The number of benzene rings is 2. The van der Waals surface area contributed by atoms with Crippen LogP contribution in [0.25, 0.3) is 10.9 Å². The lowest BCUT2D eigenvalue weighted by atomic mass is 10.2. The fourth-order valence-electron chi connectivity index (χ4n) is 3.73. The first-order valence-corrected chi connectivity index (χ1v) is 11.1. The maximum atomic E-state index is 13.1. The summed E-state index contributed by atoms with van der Waals surface area (Å²) in [5, 5.41) is 16.0. The number of nitrogens with zero attached hydrogens (tertiary/aromatic N) is 5. The molecule has 0 bridgehead atoms. The Morgan fingerprint density at radius 2 is 1.80 bits per heavy atom. The molecule has 158 valence electrons. The minimum absolute atomic E-state index is 0.0345. The highest BCUT2D eigenvalue weighted by Gasteiger charge is 2.30. The van der Waals surface area contributed by atoms with Crippen molar-refractivity contribution in [1.82, 2.24) is 19.0 Å². The summed E-state index contributed by atoms with van der Waals surface area (Å²) >= 11 is 0. The fraction of sp³-hybridized carbons (Fsp3) is 0.350. The van der Waals surface area contributed by atoms with Crippen molar-refractivity contribution in [3.8, 4) is 0 Å². The van der Waals surface area contributed by atoms with Crippen molar-refractivity contribution >= 4 is 26.6 Å². The van der Waals surface area contributed by atoms with Gasteiger partial charge in [0.25, 0.3) is 5.69 Å². The fourth-order valence-corrected chi connectivity index (χ4v) is 5.46. The first-order valence-electron chi connectivity index (χ1n) is 9.65. The van der Waals surface area contributed by atoms with E-state index in [0.717, 1.165) is 16.6 Å². The van der Waals surface area contributed by atoms with E-state index in [0.29, 0.717) is 43.1 Å². The van der Waals surface area contributed by atoms with Crippen LogP contribution in [0.1, 0.15) is 11.1 Å². The van der Waals surface area contributed by atoms with Gasteiger partial charge >= 0.3 is 0 Å². The Hall–Kier alpha value is -2.82. The number of aromatic nitrogens is 2. The van der Waals surface area contributed by atoms with Gasteiger partial charge in [-0.15, -0.1) is 0 Å². The largest absolute Gasteiger partial charge is 0.282 e. The zero-order valence-corrected chi connectivity index (χ0v) is 17.7. The Labute approximate surface area is 174 Å². The Kier molecular flexibility index (Phi) is 5.31. The Bertz CT molecular complexity index is 1210. The van der Waals surface area contributed by atoms with Gasteiger partial charge in [-0.2, -0.15) is 9.40 Å². The zero-order valence-electron chi connectivity index (χ0n) is 16.9. The molecule has 30 heavy (non-hydrogen) atoms. The average molecular weight is 430 g/mol. The van der Waals surface area contributed by atoms with Crippen molar-refractivity contribution in [1.29, 1.82) is 0 Å². The number of aryl methyl sites for hydroxylation is 2. The SMILES string of the molecule is Cc1ccc(C)c(S(=O)(=O)N2CCN(Cn3ncc4cc([N+](=O)[O-])ccc43)CC2)c1. The second-order valence-electron chi connectivity index (χ2n) is 7.58. The molecular formula is C20H23N5O4S. The molecule has 10 heteroatoms. The van der Waals surface area contributed by atoms with Crippen LogP contribution in [0.15, 0.2) is 47.5 Å². The summed E-state index contributed by atoms with van der Waals surface area (Å²) in [5.41, 5.74) is 2.52. The topological polar surface area (TPSA) is 102 Å². The molecule has 1 aromatic heterocycles. The Balaban J connectivity index is 1.46. The number of hydrogen-bond donors (Lipinski definition) is 0. The molecule has 0 saturated carbocycles. The minimum Gasteiger partial charge on any atom is -0.282 e. The second-order valence-corrected chi connectivity index (χ2v) is 9.48. The molecule has 1 saturated heterocycles. The van der Waals surface area contributed by atoms with Crippen molar-refractivity contribution in [3.63, 3.8) is 0 Å². The van der Waals surface area contributed by atoms with Crippen molar-refractivity contribution < 1.29 is 13.3 Å². The summed E-state index contributed by atoms with van der Waals surface area (Å²) in [4.78, 5) is 13.0. The number of nitro groups is 1. The molecule has 1 aliphatic rings. The van der Waals surface area contributed by atoms with E-state index in [9.17, 15) is 18.5 Å². The van der Waals surface area contributed by atoms with E-state index in [4.69, 9.17) is 0 Å². The molecule has 0 aliphatic carbocycles. The van der Waals surface area contributed by atoms with Gasteiger partial charge in [-0.05, 0) is 37.1 Å². The van der Waals surface area contributed by atoms with Gasteiger partial charge in [-0.25, -0.2) is 8.42 Å². The number of nitro benzene ring substituents is 1. The number of hydrogen-bond acceptors (Lipinski definition) is 6. The van der Waals surface area contributed by atoms with E-state index < -0.39 is 14.9 Å². The van der Waals surface area contributed by atoms with Crippen molar-refractivity contribution in [2.75, 3.05) is 26.2 Å². The lowest BCUT2D eigenvalue weighted by Gasteiger charge is -2.34. The predicted molar refractivity (Wildman–Crippen MR) is 113 cm³/mol. The lowest BCUT2D eigenvalue weighted by molar-refractivity contribution is -0.384. The van der Waals surface area contributed by atoms with Crippen molar-refractivity contribution in [2.24, 2.45) is 0 Å². The van der Waals surface area contributed by atoms with E-state index in [2.05, 4.69) is 10.00 Å². The normalized spacial score (nSPS) is 16.2. The molecule has 0 amide bonds. The smallest absolute Gasteiger partial charge is 0.270 e. The molecular weight excluding hydrogens is 406 g/mol. The summed E-state index contributed by atoms with van der Waals surface area (Å²) in [5.74, 6) is 0. The minimum atomic E-state index is -3.53. The van der Waals surface area contributed by atoms with E-state index in [1.165, 1.54) is 16.4 Å². The maximum Gasteiger partial charge on any atom is 0.270 e. The van der Waals surface area contributed by atoms with Crippen molar-refractivity contribution in [2.45, 2.75) is 25.4 Å². The van der Waals surface area contributed by atoms with Crippen molar-refractivity contribution in [3.05, 3.63) is 63.8 Å². The summed E-state index contributed by atoms with van der Waals surface area (Å²) in [6.07, 6.45) is 1.61. The van der Waals surface area contributed by atoms with E-state index in [1.807, 2.05) is 26.0 Å². The third-order valence-electron chi connectivity index (χ3n) is 5.46. The van der Waals surface area contributed by atoms with Gasteiger partial charge in [-0.1, -0.05) is 12.1 Å². The van der Waals surface area contributed by atoms with Crippen LogP contribution in [-0.4, -0.2) is 58.5 Å². The Morgan fingerprint density at radius 1 is 1.07 bits per heavy atom. The standard InChI is InChI=1S/C20H23N5O4S/c1-15-3-4-16(2)20(11-15)30(28,29)23-9-7-22(8-10-23)14-24-19-6-5-18(25(26)27)12-17(19)13-21-24/h3-6,11-13H,7-10,14H2,1-2H3. The van der Waals surface area contributed by atoms with Gasteiger partial charge in [0.1, 0.15) is 0 Å². The predicted octanol–water partition coefficient (Wildman–Crippen LogP) is 2.53. The van der Waals surface area contributed by atoms with Crippen LogP contribution in [-0.2, 0) is 16.7 Å². The summed E-state index contributed by atoms with van der Waals surface area (Å²) in [7, 11) is -3.53. The first kappa shape index (κ1) is 20.5. The molecule has 9 nitrogen and oxygen atoms in total. The molecule has 2 heterocycles. The highest BCUT2D eigenvalue weighted by Crippen LogP contribution is 2.24. The van der Waals surface area contributed by atoms with E-state index in [-0.39, 0.29) is 5.69 Å². The number of non-ortho nitro benzene ring substituents is 1. The van der Waals surface area contributed by atoms with Gasteiger partial charge in [-0.3, -0.25) is 19.7 Å². The molecule has 0 unspecified atom stereocenters. The van der Waals surface area contributed by atoms with Gasteiger partial charge in [0.15, 0.2) is 0 Å². The van der Waals surface area contributed by atoms with Crippen LogP contribution >= 0.6 is 0 Å². The van der Waals surface area contributed by atoms with Gasteiger partial charge in [0.2, 0.25) is 10.0 Å². The van der Waals surface area contributed by atoms with Crippen LogP contribution in [0.2, 0.25) is 0 Å². The van der Waals surface area contributed by atoms with Crippen LogP contribution in [0.5, 0.6) is 0 Å². The summed E-state index contributed by atoms with van der Waals surface area (Å²) in [6, 6.07) is 10.2. The number of piperazine rings is 1. The molecule has 4 rings (SSSR count). The van der Waals surface area contributed by atoms with E-state index in [1.54, 1.807) is 23.0 Å².